The van der Waals surface area contributed by atoms with Gasteiger partial charge in [0.2, 0.25) is 5.17 Å². The Hall–Kier alpha value is -4.28. The lowest BCUT2D eigenvalue weighted by molar-refractivity contribution is -0.114. The number of methoxy groups -OCH3 is 1. The second-order valence-corrected chi connectivity index (χ2v) is 8.82. The van der Waals surface area contributed by atoms with E-state index in [0.717, 1.165) is 5.56 Å². The van der Waals surface area contributed by atoms with E-state index in [0.29, 0.717) is 21.3 Å². The number of pyridine rings is 1. The van der Waals surface area contributed by atoms with Gasteiger partial charge in [-0.1, -0.05) is 29.8 Å². The number of amides is 1. The Labute approximate surface area is 214 Å². The van der Waals surface area contributed by atoms with Crippen molar-refractivity contribution in [2.24, 2.45) is 10.1 Å². The number of halogens is 1. The molecule has 0 saturated heterocycles. The van der Waals surface area contributed by atoms with Crippen molar-refractivity contribution in [2.75, 3.05) is 7.11 Å². The van der Waals surface area contributed by atoms with Gasteiger partial charge in [0.15, 0.2) is 17.3 Å². The maximum Gasteiger partial charge on any atom is 0.343 e. The SMILES string of the molecule is COc1cc(/C=C2/C(=N)N3N=C(c4cccnc4)SC3=NC2=O)cc(Cl)c1OC(=O)c1ccccc1. The van der Waals surface area contributed by atoms with Crippen LogP contribution in [0.2, 0.25) is 5.02 Å². The molecule has 11 heteroatoms. The van der Waals surface area contributed by atoms with Crippen LogP contribution in [0.5, 0.6) is 11.5 Å². The van der Waals surface area contributed by atoms with Crippen molar-refractivity contribution in [3.8, 4) is 11.5 Å². The smallest absolute Gasteiger partial charge is 0.343 e. The molecule has 9 nitrogen and oxygen atoms in total. The van der Waals surface area contributed by atoms with Crippen LogP contribution in [0.4, 0.5) is 0 Å². The number of benzene rings is 2. The van der Waals surface area contributed by atoms with Crippen molar-refractivity contribution in [3.05, 3.63) is 94.3 Å². The van der Waals surface area contributed by atoms with Crippen LogP contribution in [-0.2, 0) is 4.79 Å². The van der Waals surface area contributed by atoms with Gasteiger partial charge < -0.3 is 9.47 Å². The number of carbonyl (C=O) groups is 2. The van der Waals surface area contributed by atoms with Gasteiger partial charge in [0, 0.05) is 18.0 Å². The molecule has 0 spiro atoms. The number of aromatic nitrogens is 1. The molecule has 2 aliphatic heterocycles. The minimum absolute atomic E-state index is 0.0164. The minimum atomic E-state index is -0.596. The second-order valence-electron chi connectivity index (χ2n) is 7.46. The number of nitrogens with zero attached hydrogens (tertiary/aromatic N) is 4. The number of aliphatic imine (C=N–C) groups is 1. The molecule has 2 aliphatic rings. The molecule has 178 valence electrons. The van der Waals surface area contributed by atoms with E-state index < -0.39 is 11.9 Å². The van der Waals surface area contributed by atoms with Gasteiger partial charge in [-0.05, 0) is 59.8 Å². The zero-order valence-electron chi connectivity index (χ0n) is 18.6. The third kappa shape index (κ3) is 4.51. The molecule has 0 aliphatic carbocycles. The molecule has 1 amide bonds. The van der Waals surface area contributed by atoms with Gasteiger partial charge in [0.1, 0.15) is 5.04 Å². The lowest BCUT2D eigenvalue weighted by Gasteiger charge is -2.20. The van der Waals surface area contributed by atoms with Gasteiger partial charge in [0.25, 0.3) is 5.91 Å². The first-order valence-electron chi connectivity index (χ1n) is 10.5. The minimum Gasteiger partial charge on any atom is -0.493 e. The number of thioether (sulfide) groups is 1. The number of carbonyl (C=O) groups excluding carboxylic acids is 2. The summed E-state index contributed by atoms with van der Waals surface area (Å²) in [7, 11) is 1.41. The number of rotatable bonds is 5. The van der Waals surface area contributed by atoms with E-state index in [1.807, 2.05) is 6.07 Å². The van der Waals surface area contributed by atoms with Gasteiger partial charge in [0.05, 0.1) is 23.3 Å². The van der Waals surface area contributed by atoms with Gasteiger partial charge in [-0.25, -0.2) is 4.79 Å². The number of fused-ring (bicyclic) bond motifs is 1. The van der Waals surface area contributed by atoms with Crippen LogP contribution in [-0.4, -0.2) is 45.0 Å². The second kappa shape index (κ2) is 9.76. The predicted molar refractivity (Wildman–Crippen MR) is 138 cm³/mol. The van der Waals surface area contributed by atoms with E-state index in [9.17, 15) is 9.59 Å². The number of amidine groups is 2. The van der Waals surface area contributed by atoms with Gasteiger partial charge >= 0.3 is 5.97 Å². The Kier molecular flexibility index (Phi) is 6.36. The fourth-order valence-corrected chi connectivity index (χ4v) is 4.55. The largest absolute Gasteiger partial charge is 0.493 e. The third-order valence-corrected chi connectivity index (χ3v) is 6.37. The van der Waals surface area contributed by atoms with E-state index >= 15 is 0 Å². The van der Waals surface area contributed by atoms with E-state index in [4.69, 9.17) is 26.5 Å². The normalized spacial score (nSPS) is 15.9. The van der Waals surface area contributed by atoms with Crippen LogP contribution in [0.25, 0.3) is 6.08 Å². The number of nitrogens with one attached hydrogen (secondary N) is 1. The van der Waals surface area contributed by atoms with Crippen molar-refractivity contribution < 1.29 is 19.1 Å². The summed E-state index contributed by atoms with van der Waals surface area (Å²) < 4.78 is 10.8. The molecule has 0 radical (unpaired) electrons. The van der Waals surface area contributed by atoms with Crippen molar-refractivity contribution in [3.63, 3.8) is 0 Å². The summed E-state index contributed by atoms with van der Waals surface area (Å²) in [6, 6.07) is 15.1. The number of hydrogen-bond acceptors (Lipinski definition) is 8. The standard InChI is InChI=1S/C25H16ClN5O4S/c1-34-19-12-14(11-18(26)20(19)35-24(33)15-6-3-2-4-7-15)10-17-21(27)31-25(29-22(17)32)36-23(30-31)16-8-5-9-28-13-16/h2-13,27H,1H3/b17-10-,27-21?. The monoisotopic (exact) mass is 517 g/mol. The third-order valence-electron chi connectivity index (χ3n) is 5.13. The number of ether oxygens (including phenoxy) is 2. The van der Waals surface area contributed by atoms with Gasteiger partial charge in [-0.3, -0.25) is 15.2 Å². The Morgan fingerprint density at radius 1 is 1.17 bits per heavy atom. The first-order chi connectivity index (χ1) is 17.4. The summed E-state index contributed by atoms with van der Waals surface area (Å²) in [6.07, 6.45) is 4.76. The zero-order valence-corrected chi connectivity index (χ0v) is 20.2. The molecule has 1 N–H and O–H groups in total. The molecule has 0 fully saturated rings. The van der Waals surface area contributed by atoms with Crippen molar-refractivity contribution >= 4 is 57.4 Å². The topological polar surface area (TPSA) is 117 Å². The van der Waals surface area contributed by atoms with Crippen molar-refractivity contribution in [2.45, 2.75) is 0 Å². The first-order valence-corrected chi connectivity index (χ1v) is 11.7. The molecular formula is C25H16ClN5O4S. The molecule has 5 rings (SSSR count). The predicted octanol–water partition coefficient (Wildman–Crippen LogP) is 4.63. The highest BCUT2D eigenvalue weighted by atomic mass is 35.5. The molecule has 1 aromatic heterocycles. The first kappa shape index (κ1) is 23.5. The average Bonchev–Trinajstić information content (AvgIpc) is 3.33. The van der Waals surface area contributed by atoms with Crippen LogP contribution in [0.3, 0.4) is 0 Å². The number of hydrogen-bond donors (Lipinski definition) is 1. The highest BCUT2D eigenvalue weighted by molar-refractivity contribution is 8.27. The molecule has 2 aromatic carbocycles. The lowest BCUT2D eigenvalue weighted by Crippen LogP contribution is -2.35. The molecule has 3 heterocycles. The molecular weight excluding hydrogens is 502 g/mol. The van der Waals surface area contributed by atoms with Crippen molar-refractivity contribution in [1.82, 2.24) is 9.99 Å². The lowest BCUT2D eigenvalue weighted by atomic mass is 10.1. The van der Waals surface area contributed by atoms with Crippen LogP contribution < -0.4 is 9.47 Å². The summed E-state index contributed by atoms with van der Waals surface area (Å²) in [5, 5.41) is 15.3. The highest BCUT2D eigenvalue weighted by Crippen LogP contribution is 2.38. The summed E-state index contributed by atoms with van der Waals surface area (Å²) >= 11 is 7.60. The van der Waals surface area contributed by atoms with E-state index in [2.05, 4.69) is 15.1 Å². The fourth-order valence-electron chi connectivity index (χ4n) is 3.41. The van der Waals surface area contributed by atoms with Gasteiger partial charge in [-0.15, -0.1) is 0 Å². The Morgan fingerprint density at radius 3 is 2.69 bits per heavy atom. The van der Waals surface area contributed by atoms with Crippen molar-refractivity contribution in [1.29, 1.82) is 5.41 Å². The highest BCUT2D eigenvalue weighted by Gasteiger charge is 2.36. The zero-order chi connectivity index (χ0) is 25.2. The maximum absolute atomic E-state index is 12.8. The Bertz CT molecular complexity index is 1490. The van der Waals surface area contributed by atoms with Gasteiger partial charge in [-0.2, -0.15) is 15.1 Å². The molecule has 0 bridgehead atoms. The summed E-state index contributed by atoms with van der Waals surface area (Å²) in [6.45, 7) is 0. The van der Waals surface area contributed by atoms with Crippen LogP contribution in [0.15, 0.2) is 82.7 Å². The molecule has 0 saturated carbocycles. The maximum atomic E-state index is 12.8. The van der Waals surface area contributed by atoms with E-state index in [1.54, 1.807) is 54.9 Å². The Balaban J connectivity index is 1.44. The van der Waals surface area contributed by atoms with E-state index in [1.165, 1.54) is 36.0 Å². The molecule has 0 atom stereocenters. The summed E-state index contributed by atoms with van der Waals surface area (Å²) in [5.74, 6) is -1.09. The van der Waals surface area contributed by atoms with Crippen LogP contribution in [0.1, 0.15) is 21.5 Å². The average molecular weight is 518 g/mol. The Morgan fingerprint density at radius 2 is 1.97 bits per heavy atom. The summed E-state index contributed by atoms with van der Waals surface area (Å²) in [4.78, 5) is 33.4. The number of hydrazone groups is 1. The van der Waals surface area contributed by atoms with Crippen LogP contribution in [0, 0.1) is 5.41 Å². The quantitative estimate of drug-likeness (QED) is 0.298. The fraction of sp³-hybridized carbons (Fsp3) is 0.0400. The number of esters is 1. The van der Waals surface area contributed by atoms with Crippen LogP contribution >= 0.6 is 23.4 Å². The van der Waals surface area contributed by atoms with E-state index in [-0.39, 0.29) is 27.9 Å². The molecule has 36 heavy (non-hydrogen) atoms. The molecule has 0 unspecified atom stereocenters. The summed E-state index contributed by atoms with van der Waals surface area (Å²) in [5.41, 5.74) is 1.57. The molecule has 3 aromatic rings.